The minimum atomic E-state index is 0. The highest BCUT2D eigenvalue weighted by molar-refractivity contribution is 14.0. The fourth-order valence-electron chi connectivity index (χ4n) is 1.75. The number of nitrogens with zero attached hydrogens (tertiary/aromatic N) is 2. The van der Waals surface area contributed by atoms with Gasteiger partial charge in [-0.25, -0.2) is 4.98 Å². The molecule has 1 aromatic carbocycles. The molecule has 4 nitrogen and oxygen atoms in total. The number of aromatic nitrogens is 1. The van der Waals surface area contributed by atoms with E-state index in [4.69, 9.17) is 0 Å². The van der Waals surface area contributed by atoms with Gasteiger partial charge in [0.15, 0.2) is 5.96 Å². The summed E-state index contributed by atoms with van der Waals surface area (Å²) >= 11 is 1.74. The molecule has 1 heterocycles. The monoisotopic (exact) mass is 416 g/mol. The van der Waals surface area contributed by atoms with Crippen LogP contribution in [-0.2, 0) is 19.5 Å². The first kappa shape index (κ1) is 17.9. The van der Waals surface area contributed by atoms with E-state index in [0.29, 0.717) is 6.54 Å². The van der Waals surface area contributed by atoms with E-state index in [9.17, 15) is 0 Å². The van der Waals surface area contributed by atoms with Crippen LogP contribution < -0.4 is 10.6 Å². The number of hydrogen-bond donors (Lipinski definition) is 2. The number of hydrogen-bond acceptors (Lipinski definition) is 3. The predicted molar refractivity (Wildman–Crippen MR) is 100 cm³/mol. The Balaban J connectivity index is 0.00000220. The number of aryl methyl sites for hydroxylation is 1. The Bertz CT molecular complexity index is 554. The summed E-state index contributed by atoms with van der Waals surface area (Å²) in [7, 11) is 1.78. The summed E-state index contributed by atoms with van der Waals surface area (Å²) in [5.74, 6) is 0.794. The van der Waals surface area contributed by atoms with Crippen molar-refractivity contribution in [1.29, 1.82) is 0 Å². The Morgan fingerprint density at radius 1 is 1.19 bits per heavy atom. The van der Waals surface area contributed by atoms with E-state index < -0.39 is 0 Å². The molecular weight excluding hydrogens is 395 g/mol. The summed E-state index contributed by atoms with van der Waals surface area (Å²) < 4.78 is 0. The molecule has 1 aromatic heterocycles. The van der Waals surface area contributed by atoms with Gasteiger partial charge in [-0.05, 0) is 12.0 Å². The summed E-state index contributed by atoms with van der Waals surface area (Å²) in [6, 6.07) is 10.3. The number of nitrogens with one attached hydrogen (secondary N) is 2. The van der Waals surface area contributed by atoms with Crippen LogP contribution in [0.4, 0.5) is 0 Å². The van der Waals surface area contributed by atoms with Gasteiger partial charge in [0.25, 0.3) is 0 Å². The Morgan fingerprint density at radius 3 is 2.52 bits per heavy atom. The third kappa shape index (κ3) is 6.01. The quantitative estimate of drug-likeness (QED) is 0.447. The Hall–Kier alpha value is -1.15. The zero-order valence-electron chi connectivity index (χ0n) is 12.3. The molecule has 0 fully saturated rings. The lowest BCUT2D eigenvalue weighted by Crippen LogP contribution is -2.36. The van der Waals surface area contributed by atoms with E-state index in [0.717, 1.165) is 23.9 Å². The van der Waals surface area contributed by atoms with Gasteiger partial charge in [-0.15, -0.1) is 35.3 Å². The minimum Gasteiger partial charge on any atom is -0.352 e. The second-order valence-corrected chi connectivity index (χ2v) is 5.54. The van der Waals surface area contributed by atoms with Gasteiger partial charge in [0.2, 0.25) is 0 Å². The molecule has 6 heteroatoms. The molecule has 0 atom stereocenters. The fraction of sp³-hybridized carbons (Fsp3) is 0.333. The lowest BCUT2D eigenvalue weighted by atomic mass is 10.2. The first-order valence-corrected chi connectivity index (χ1v) is 7.55. The van der Waals surface area contributed by atoms with E-state index >= 15 is 0 Å². The van der Waals surface area contributed by atoms with Crippen molar-refractivity contribution in [2.75, 3.05) is 7.05 Å². The van der Waals surface area contributed by atoms with Crippen molar-refractivity contribution in [3.05, 3.63) is 52.0 Å². The maximum absolute atomic E-state index is 4.38. The molecule has 0 unspecified atom stereocenters. The summed E-state index contributed by atoms with van der Waals surface area (Å²) in [5.41, 5.74) is 1.23. The summed E-state index contributed by atoms with van der Waals surface area (Å²) in [4.78, 5) is 9.92. The van der Waals surface area contributed by atoms with Gasteiger partial charge in [0.1, 0.15) is 5.01 Å². The molecule has 0 aliphatic carbocycles. The maximum atomic E-state index is 4.38. The van der Waals surface area contributed by atoms with Crippen LogP contribution in [0, 0.1) is 0 Å². The second-order valence-electron chi connectivity index (χ2n) is 4.34. The topological polar surface area (TPSA) is 49.3 Å². The molecule has 0 radical (unpaired) electrons. The normalized spacial score (nSPS) is 10.9. The molecule has 0 amide bonds. The van der Waals surface area contributed by atoms with Crippen molar-refractivity contribution >= 4 is 41.3 Å². The lowest BCUT2D eigenvalue weighted by Gasteiger charge is -2.10. The first-order valence-electron chi connectivity index (χ1n) is 6.74. The average molecular weight is 416 g/mol. The zero-order chi connectivity index (χ0) is 14.2. The smallest absolute Gasteiger partial charge is 0.191 e. The molecule has 114 valence electrons. The van der Waals surface area contributed by atoms with Gasteiger partial charge in [0, 0.05) is 24.7 Å². The Kier molecular flexibility index (Phi) is 8.29. The first-order chi connectivity index (χ1) is 9.81. The van der Waals surface area contributed by atoms with E-state index in [1.165, 1.54) is 10.4 Å². The van der Waals surface area contributed by atoms with Crippen LogP contribution in [0.2, 0.25) is 0 Å². The Morgan fingerprint density at radius 2 is 1.90 bits per heavy atom. The van der Waals surface area contributed by atoms with Crippen LogP contribution in [0.1, 0.15) is 22.4 Å². The molecule has 21 heavy (non-hydrogen) atoms. The largest absolute Gasteiger partial charge is 0.352 e. The molecule has 2 N–H and O–H groups in total. The van der Waals surface area contributed by atoms with Crippen molar-refractivity contribution < 1.29 is 0 Å². The van der Waals surface area contributed by atoms with Crippen LogP contribution in [0.5, 0.6) is 0 Å². The number of rotatable bonds is 5. The predicted octanol–water partition coefficient (Wildman–Crippen LogP) is 3.19. The number of halogens is 1. The highest BCUT2D eigenvalue weighted by Gasteiger charge is 2.02. The number of aliphatic imine (C=N–C) groups is 1. The molecular formula is C15H21IN4S. The van der Waals surface area contributed by atoms with Gasteiger partial charge < -0.3 is 10.6 Å². The van der Waals surface area contributed by atoms with Crippen LogP contribution in [-0.4, -0.2) is 18.0 Å². The summed E-state index contributed by atoms with van der Waals surface area (Å²) in [6.07, 6.45) is 2.99. The van der Waals surface area contributed by atoms with E-state index in [1.807, 2.05) is 24.4 Å². The molecule has 0 saturated carbocycles. The van der Waals surface area contributed by atoms with Crippen LogP contribution >= 0.6 is 35.3 Å². The molecule has 0 aliphatic rings. The maximum Gasteiger partial charge on any atom is 0.191 e. The third-order valence-electron chi connectivity index (χ3n) is 2.88. The van der Waals surface area contributed by atoms with Crippen molar-refractivity contribution in [3.63, 3.8) is 0 Å². The number of guanidine groups is 1. The highest BCUT2D eigenvalue weighted by atomic mass is 127. The van der Waals surface area contributed by atoms with Gasteiger partial charge in [-0.1, -0.05) is 37.3 Å². The Labute approximate surface area is 147 Å². The number of thiazole rings is 1. The molecule has 0 aliphatic heterocycles. The standard InChI is InChI=1S/C15H20N4S.HI/c1-3-13-10-17-14(20-13)11-19-15(16-2)18-9-12-7-5-4-6-8-12;/h4-8,10H,3,9,11H2,1-2H3,(H2,16,18,19);1H. The molecule has 2 aromatic rings. The molecule has 2 rings (SSSR count). The second kappa shape index (κ2) is 9.73. The van der Waals surface area contributed by atoms with Gasteiger partial charge in [-0.2, -0.15) is 0 Å². The van der Waals surface area contributed by atoms with Crippen LogP contribution in [0.3, 0.4) is 0 Å². The van der Waals surface area contributed by atoms with Crippen molar-refractivity contribution in [2.45, 2.75) is 26.4 Å². The third-order valence-corrected chi connectivity index (χ3v) is 4.02. The van der Waals surface area contributed by atoms with Gasteiger partial charge in [-0.3, -0.25) is 4.99 Å². The van der Waals surface area contributed by atoms with E-state index in [-0.39, 0.29) is 24.0 Å². The van der Waals surface area contributed by atoms with Crippen molar-refractivity contribution in [2.24, 2.45) is 4.99 Å². The van der Waals surface area contributed by atoms with Gasteiger partial charge >= 0.3 is 0 Å². The van der Waals surface area contributed by atoms with Crippen molar-refractivity contribution in [3.8, 4) is 0 Å². The zero-order valence-corrected chi connectivity index (χ0v) is 15.4. The highest BCUT2D eigenvalue weighted by Crippen LogP contribution is 2.12. The minimum absolute atomic E-state index is 0. The van der Waals surface area contributed by atoms with Crippen LogP contribution in [0.15, 0.2) is 41.5 Å². The number of benzene rings is 1. The fourth-order valence-corrected chi connectivity index (χ4v) is 2.56. The molecule has 0 spiro atoms. The molecule has 0 bridgehead atoms. The lowest BCUT2D eigenvalue weighted by molar-refractivity contribution is 0.805. The summed E-state index contributed by atoms with van der Waals surface area (Å²) in [6.45, 7) is 3.61. The van der Waals surface area contributed by atoms with Gasteiger partial charge in [0.05, 0.1) is 6.54 Å². The average Bonchev–Trinajstić information content (AvgIpc) is 2.96. The van der Waals surface area contributed by atoms with Crippen LogP contribution in [0.25, 0.3) is 0 Å². The van der Waals surface area contributed by atoms with E-state index in [2.05, 4.69) is 39.7 Å². The van der Waals surface area contributed by atoms with Crippen molar-refractivity contribution in [1.82, 2.24) is 15.6 Å². The van der Waals surface area contributed by atoms with E-state index in [1.54, 1.807) is 18.4 Å². The SMILES string of the molecule is CCc1cnc(CNC(=NC)NCc2ccccc2)s1.I. The molecule has 0 saturated heterocycles. The summed E-state index contributed by atoms with van der Waals surface area (Å²) in [5, 5.41) is 7.66.